The van der Waals surface area contributed by atoms with Gasteiger partial charge in [0.1, 0.15) is 5.75 Å². The number of aliphatic carboxylic acids is 1. The third-order valence-corrected chi connectivity index (χ3v) is 5.18. The van der Waals surface area contributed by atoms with Crippen molar-refractivity contribution >= 4 is 52.2 Å². The van der Waals surface area contributed by atoms with Crippen LogP contribution in [0.5, 0.6) is 5.75 Å². The van der Waals surface area contributed by atoms with E-state index in [2.05, 4.69) is 5.43 Å². The average molecular weight is 428 g/mol. The van der Waals surface area contributed by atoms with Crippen LogP contribution < -0.4 is 10.2 Å². The predicted octanol–water partition coefficient (Wildman–Crippen LogP) is 3.00. The number of carboxylic acids is 1. The van der Waals surface area contributed by atoms with Crippen molar-refractivity contribution in [2.75, 3.05) is 6.61 Å². The second kappa shape index (κ2) is 8.89. The van der Waals surface area contributed by atoms with Crippen LogP contribution in [0, 0.1) is 6.92 Å². The number of rotatable bonds is 6. The highest BCUT2D eigenvalue weighted by atomic mass is 32.2. The van der Waals surface area contributed by atoms with Crippen molar-refractivity contribution in [3.8, 4) is 5.75 Å². The van der Waals surface area contributed by atoms with E-state index in [0.29, 0.717) is 16.9 Å². The minimum atomic E-state index is -1.11. The Balaban J connectivity index is 1.77. The van der Waals surface area contributed by atoms with Gasteiger partial charge in [0, 0.05) is 11.1 Å². The summed E-state index contributed by atoms with van der Waals surface area (Å²) in [6.07, 6.45) is 1.55. The summed E-state index contributed by atoms with van der Waals surface area (Å²) in [5, 5.41) is 9.81. The highest BCUT2D eigenvalue weighted by Gasteiger charge is 2.34. The monoisotopic (exact) mass is 428 g/mol. The molecule has 0 aliphatic carbocycles. The minimum Gasteiger partial charge on any atom is -0.481 e. The summed E-state index contributed by atoms with van der Waals surface area (Å²) in [6, 6.07) is 13.6. The molecule has 0 saturated carbocycles. The van der Waals surface area contributed by atoms with Crippen LogP contribution in [-0.4, -0.2) is 38.8 Å². The Kier molecular flexibility index (Phi) is 6.30. The second-order valence-electron chi connectivity index (χ2n) is 6.04. The minimum absolute atomic E-state index is 0.186. The summed E-state index contributed by atoms with van der Waals surface area (Å²) in [7, 11) is 0. The van der Waals surface area contributed by atoms with Crippen LogP contribution in [0.1, 0.15) is 21.5 Å². The number of amides is 2. The lowest BCUT2D eigenvalue weighted by Gasteiger charge is -2.15. The standard InChI is InChI=1S/C20H16N2O5S2/c1-12-6-8-13(9-7-12)18(25)21-22-19(26)16(29-20(22)28)10-14-4-2-3-5-15(14)27-11-17(23)24/h2-10H,11H2,1H3,(H,21,25)(H,23,24)/b16-10-. The van der Waals surface area contributed by atoms with E-state index in [-0.39, 0.29) is 9.23 Å². The Labute approximate surface area is 176 Å². The van der Waals surface area contributed by atoms with Crippen LogP contribution in [0.4, 0.5) is 0 Å². The van der Waals surface area contributed by atoms with Gasteiger partial charge in [-0.25, -0.2) is 4.79 Å². The zero-order valence-corrected chi connectivity index (χ0v) is 16.9. The Morgan fingerprint density at radius 2 is 1.90 bits per heavy atom. The van der Waals surface area contributed by atoms with Gasteiger partial charge in [-0.3, -0.25) is 15.0 Å². The lowest BCUT2D eigenvalue weighted by atomic mass is 10.1. The van der Waals surface area contributed by atoms with E-state index in [1.165, 1.54) is 0 Å². The van der Waals surface area contributed by atoms with E-state index in [9.17, 15) is 14.4 Å². The summed E-state index contributed by atoms with van der Waals surface area (Å²) < 4.78 is 5.43. The Morgan fingerprint density at radius 1 is 1.21 bits per heavy atom. The number of carbonyl (C=O) groups is 3. The first-order valence-corrected chi connectivity index (χ1v) is 9.67. The van der Waals surface area contributed by atoms with Crippen LogP contribution in [0.15, 0.2) is 53.4 Å². The second-order valence-corrected chi connectivity index (χ2v) is 7.72. The van der Waals surface area contributed by atoms with Gasteiger partial charge >= 0.3 is 5.97 Å². The molecule has 2 amide bonds. The van der Waals surface area contributed by atoms with Crippen molar-refractivity contribution in [2.45, 2.75) is 6.92 Å². The van der Waals surface area contributed by atoms with Gasteiger partial charge < -0.3 is 9.84 Å². The summed E-state index contributed by atoms with van der Waals surface area (Å²) in [5.41, 5.74) is 4.46. The van der Waals surface area contributed by atoms with Gasteiger partial charge in [0.05, 0.1) is 4.91 Å². The van der Waals surface area contributed by atoms with Gasteiger partial charge in [0.15, 0.2) is 10.9 Å². The number of hydrazine groups is 1. The lowest BCUT2D eigenvalue weighted by molar-refractivity contribution is -0.139. The first-order chi connectivity index (χ1) is 13.8. The maximum Gasteiger partial charge on any atom is 0.341 e. The topological polar surface area (TPSA) is 95.9 Å². The van der Waals surface area contributed by atoms with Gasteiger partial charge in [0.2, 0.25) is 0 Å². The number of thiocarbonyl (C=S) groups is 1. The number of thioether (sulfide) groups is 1. The van der Waals surface area contributed by atoms with Crippen molar-refractivity contribution in [3.63, 3.8) is 0 Å². The van der Waals surface area contributed by atoms with Crippen LogP contribution in [0.25, 0.3) is 6.08 Å². The van der Waals surface area contributed by atoms with Crippen molar-refractivity contribution in [1.82, 2.24) is 10.4 Å². The van der Waals surface area contributed by atoms with Gasteiger partial charge in [0.25, 0.3) is 11.8 Å². The molecule has 29 heavy (non-hydrogen) atoms. The number of nitrogens with one attached hydrogen (secondary N) is 1. The normalized spacial score (nSPS) is 14.9. The van der Waals surface area contributed by atoms with Crippen LogP contribution >= 0.6 is 24.0 Å². The largest absolute Gasteiger partial charge is 0.481 e. The number of nitrogens with zero attached hydrogens (tertiary/aromatic N) is 1. The molecule has 0 radical (unpaired) electrons. The summed E-state index contributed by atoms with van der Waals surface area (Å²) in [4.78, 5) is 36.1. The van der Waals surface area contributed by atoms with Crippen molar-refractivity contribution < 1.29 is 24.2 Å². The lowest BCUT2D eigenvalue weighted by Crippen LogP contribution is -2.44. The molecule has 0 spiro atoms. The smallest absolute Gasteiger partial charge is 0.341 e. The van der Waals surface area contributed by atoms with Crippen LogP contribution in [0.2, 0.25) is 0 Å². The van der Waals surface area contributed by atoms with Crippen LogP contribution in [0.3, 0.4) is 0 Å². The molecule has 0 unspecified atom stereocenters. The van der Waals surface area contributed by atoms with E-state index in [1.807, 2.05) is 6.92 Å². The molecule has 2 aromatic carbocycles. The van der Waals surface area contributed by atoms with E-state index < -0.39 is 24.4 Å². The molecule has 3 rings (SSSR count). The number of hydrogen-bond acceptors (Lipinski definition) is 6. The zero-order valence-electron chi connectivity index (χ0n) is 15.2. The molecule has 1 aliphatic rings. The number of carbonyl (C=O) groups excluding carboxylic acids is 2. The number of ether oxygens (including phenoxy) is 1. The predicted molar refractivity (Wildman–Crippen MR) is 113 cm³/mol. The Bertz CT molecular complexity index is 1020. The molecule has 2 N–H and O–H groups in total. The molecule has 1 aliphatic heterocycles. The zero-order chi connectivity index (χ0) is 21.0. The molecule has 0 aromatic heterocycles. The number of aryl methyl sites for hydroxylation is 1. The number of para-hydroxylation sites is 1. The molecule has 0 bridgehead atoms. The maximum absolute atomic E-state index is 12.7. The van der Waals surface area contributed by atoms with E-state index in [0.717, 1.165) is 22.3 Å². The van der Waals surface area contributed by atoms with E-state index >= 15 is 0 Å². The molecular weight excluding hydrogens is 412 g/mol. The molecule has 2 aromatic rings. The molecule has 1 heterocycles. The van der Waals surface area contributed by atoms with Crippen molar-refractivity contribution in [3.05, 3.63) is 70.1 Å². The molecule has 1 saturated heterocycles. The molecule has 148 valence electrons. The number of hydrogen-bond donors (Lipinski definition) is 2. The van der Waals surface area contributed by atoms with Crippen LogP contribution in [-0.2, 0) is 9.59 Å². The maximum atomic E-state index is 12.7. The molecule has 1 fully saturated rings. The fraction of sp³-hybridized carbons (Fsp3) is 0.100. The molecule has 9 heteroatoms. The number of carboxylic acid groups (broad SMARTS) is 1. The molecule has 7 nitrogen and oxygen atoms in total. The average Bonchev–Trinajstić information content (AvgIpc) is 2.95. The highest BCUT2D eigenvalue weighted by molar-refractivity contribution is 8.26. The third kappa shape index (κ3) is 5.01. The first kappa shape index (κ1) is 20.6. The summed E-state index contributed by atoms with van der Waals surface area (Å²) >= 11 is 6.25. The fourth-order valence-corrected chi connectivity index (χ4v) is 3.62. The van der Waals surface area contributed by atoms with Gasteiger partial charge in [-0.05, 0) is 43.4 Å². The van der Waals surface area contributed by atoms with E-state index in [1.54, 1.807) is 54.6 Å². The van der Waals surface area contributed by atoms with Gasteiger partial charge in [-0.1, -0.05) is 47.7 Å². The van der Waals surface area contributed by atoms with E-state index in [4.69, 9.17) is 22.1 Å². The van der Waals surface area contributed by atoms with Gasteiger partial charge in [-0.2, -0.15) is 5.01 Å². The Morgan fingerprint density at radius 3 is 2.59 bits per heavy atom. The fourth-order valence-electron chi connectivity index (χ4n) is 2.45. The quantitative estimate of drug-likeness (QED) is 0.539. The SMILES string of the molecule is Cc1ccc(C(=O)NN2C(=O)/C(=C/c3ccccc3OCC(=O)O)SC2=S)cc1. The Hall–Kier alpha value is -3.17. The summed E-state index contributed by atoms with van der Waals surface area (Å²) in [5.74, 6) is -1.71. The molecular formula is C20H16N2O5S2. The molecule has 0 atom stereocenters. The highest BCUT2D eigenvalue weighted by Crippen LogP contribution is 2.33. The van der Waals surface area contributed by atoms with Crippen molar-refractivity contribution in [1.29, 1.82) is 0 Å². The first-order valence-electron chi connectivity index (χ1n) is 8.44. The summed E-state index contributed by atoms with van der Waals surface area (Å²) in [6.45, 7) is 1.41. The number of benzene rings is 2. The third-order valence-electron chi connectivity index (χ3n) is 3.88. The van der Waals surface area contributed by atoms with Gasteiger partial charge in [-0.15, -0.1) is 0 Å². The van der Waals surface area contributed by atoms with Crippen molar-refractivity contribution in [2.24, 2.45) is 0 Å².